The van der Waals surface area contributed by atoms with Gasteiger partial charge in [-0.2, -0.15) is 10.1 Å². The van der Waals surface area contributed by atoms with Crippen molar-refractivity contribution in [2.45, 2.75) is 13.3 Å². The summed E-state index contributed by atoms with van der Waals surface area (Å²) >= 11 is 7.88. The molecule has 3 heterocycles. The molecule has 1 fully saturated rings. The van der Waals surface area contributed by atoms with Gasteiger partial charge in [-0.1, -0.05) is 41.1 Å². The summed E-state index contributed by atoms with van der Waals surface area (Å²) in [5.41, 5.74) is 3.63. The molecule has 0 unspecified atom stereocenters. The van der Waals surface area contributed by atoms with E-state index in [1.807, 2.05) is 65.0 Å². The zero-order chi connectivity index (χ0) is 22.9. The van der Waals surface area contributed by atoms with Crippen molar-refractivity contribution < 1.29 is 9.53 Å². The summed E-state index contributed by atoms with van der Waals surface area (Å²) in [4.78, 5) is 21.9. The van der Waals surface area contributed by atoms with Gasteiger partial charge in [-0.05, 0) is 42.8 Å². The fourth-order valence-electron chi connectivity index (χ4n) is 4.03. The van der Waals surface area contributed by atoms with Crippen LogP contribution < -0.4 is 9.64 Å². The molecule has 33 heavy (non-hydrogen) atoms. The Balaban J connectivity index is 1.29. The first-order valence-corrected chi connectivity index (χ1v) is 12.0. The Labute approximate surface area is 201 Å². The zero-order valence-corrected chi connectivity index (χ0v) is 20.1. The molecule has 2 aromatic carbocycles. The first-order chi connectivity index (χ1) is 16.0. The van der Waals surface area contributed by atoms with Crippen LogP contribution in [0.3, 0.4) is 0 Å². The number of piperazine rings is 1. The second-order valence-electron chi connectivity index (χ2n) is 7.98. The Morgan fingerprint density at radius 3 is 2.52 bits per heavy atom. The Bertz CT molecular complexity index is 1290. The normalized spacial score (nSPS) is 14.2. The molecule has 9 heteroatoms. The van der Waals surface area contributed by atoms with E-state index in [0.717, 1.165) is 51.3 Å². The number of carbonyl (C=O) groups is 1. The summed E-state index contributed by atoms with van der Waals surface area (Å²) < 4.78 is 8.23. The van der Waals surface area contributed by atoms with Crippen LogP contribution in [0, 0.1) is 6.92 Å². The number of benzene rings is 2. The number of hydrogen-bond donors (Lipinski definition) is 0. The predicted octanol–water partition coefficient (Wildman–Crippen LogP) is 4.34. The molecule has 4 aromatic rings. The smallest absolute Gasteiger partial charge is 0.227 e. The minimum atomic E-state index is 0.109. The highest BCUT2D eigenvalue weighted by molar-refractivity contribution is 7.22. The van der Waals surface area contributed by atoms with Gasteiger partial charge >= 0.3 is 0 Å². The van der Waals surface area contributed by atoms with Crippen molar-refractivity contribution >= 4 is 44.3 Å². The van der Waals surface area contributed by atoms with Crippen LogP contribution in [-0.4, -0.2) is 58.9 Å². The van der Waals surface area contributed by atoms with E-state index in [1.165, 1.54) is 0 Å². The third kappa shape index (κ3) is 4.28. The van der Waals surface area contributed by atoms with E-state index < -0.39 is 0 Å². The fraction of sp³-hybridized carbons (Fsp3) is 0.292. The van der Waals surface area contributed by atoms with Crippen LogP contribution in [0.25, 0.3) is 16.0 Å². The number of amides is 1. The third-order valence-electron chi connectivity index (χ3n) is 5.90. The minimum absolute atomic E-state index is 0.109. The molecule has 0 radical (unpaired) electrons. The van der Waals surface area contributed by atoms with E-state index in [4.69, 9.17) is 21.3 Å². The molecule has 0 aliphatic carbocycles. The molecular weight excluding hydrogens is 458 g/mol. The van der Waals surface area contributed by atoms with Crippen molar-refractivity contribution in [1.82, 2.24) is 19.7 Å². The molecule has 170 valence electrons. The van der Waals surface area contributed by atoms with Crippen LogP contribution in [-0.2, 0) is 11.2 Å². The van der Waals surface area contributed by atoms with Crippen LogP contribution in [0.5, 0.6) is 5.75 Å². The summed E-state index contributed by atoms with van der Waals surface area (Å²) in [6, 6.07) is 15.3. The number of carbonyl (C=O) groups excluding carboxylic acids is 1. The molecule has 1 amide bonds. The summed E-state index contributed by atoms with van der Waals surface area (Å²) in [5, 5.41) is 6.29. The highest BCUT2D eigenvalue weighted by Gasteiger charge is 2.25. The third-order valence-corrected chi connectivity index (χ3v) is 7.48. The number of rotatable bonds is 5. The Kier molecular flexibility index (Phi) is 5.95. The number of thiazole rings is 1. The average Bonchev–Trinajstić information content (AvgIpc) is 3.41. The first kappa shape index (κ1) is 21.7. The largest absolute Gasteiger partial charge is 0.497 e. The number of methoxy groups -OCH3 is 1. The Hall–Kier alpha value is -3.10. The number of aryl methyl sites for hydroxylation is 1. The highest BCUT2D eigenvalue weighted by atomic mass is 35.5. The van der Waals surface area contributed by atoms with Crippen molar-refractivity contribution in [3.05, 3.63) is 64.8 Å². The maximum atomic E-state index is 12.8. The van der Waals surface area contributed by atoms with Crippen molar-refractivity contribution in [3.8, 4) is 11.4 Å². The van der Waals surface area contributed by atoms with Crippen LogP contribution >= 0.6 is 22.9 Å². The van der Waals surface area contributed by atoms with Gasteiger partial charge in [0.15, 0.2) is 10.8 Å². The summed E-state index contributed by atoms with van der Waals surface area (Å²) in [6.07, 6.45) is 0.331. The maximum absolute atomic E-state index is 12.8. The first-order valence-electron chi connectivity index (χ1n) is 10.8. The topological polar surface area (TPSA) is 63.5 Å². The fourth-order valence-corrected chi connectivity index (χ4v) is 5.27. The lowest BCUT2D eigenvalue weighted by atomic mass is 10.1. The minimum Gasteiger partial charge on any atom is -0.497 e. The van der Waals surface area contributed by atoms with Crippen LogP contribution in [0.1, 0.15) is 11.3 Å². The quantitative estimate of drug-likeness (QED) is 0.424. The van der Waals surface area contributed by atoms with Crippen molar-refractivity contribution in [2.24, 2.45) is 0 Å². The molecule has 1 aliphatic heterocycles. The standard InChI is InChI=1S/C24H24ClN5O2S/c1-16-22-23(30(27-16)18-7-9-19(32-2)10-8-18)26-24(33-22)29-13-11-28(12-14-29)21(31)15-17-5-3-4-6-20(17)25/h3-10H,11-15H2,1-2H3. The van der Waals surface area contributed by atoms with Gasteiger partial charge in [-0.15, -0.1) is 0 Å². The molecule has 1 aliphatic rings. The van der Waals surface area contributed by atoms with Crippen LogP contribution in [0.15, 0.2) is 48.5 Å². The molecule has 0 atom stereocenters. The Morgan fingerprint density at radius 2 is 1.82 bits per heavy atom. The number of fused-ring (bicyclic) bond motifs is 1. The van der Waals surface area contributed by atoms with Gasteiger partial charge in [0.25, 0.3) is 0 Å². The average molecular weight is 482 g/mol. The second kappa shape index (κ2) is 9.03. The second-order valence-corrected chi connectivity index (χ2v) is 9.37. The van der Waals surface area contributed by atoms with Gasteiger partial charge in [0.1, 0.15) is 5.75 Å². The predicted molar refractivity (Wildman–Crippen MR) is 132 cm³/mol. The van der Waals surface area contributed by atoms with Gasteiger partial charge < -0.3 is 14.5 Å². The molecule has 0 N–H and O–H groups in total. The van der Waals surface area contributed by atoms with E-state index in [0.29, 0.717) is 24.5 Å². The van der Waals surface area contributed by atoms with Crippen molar-refractivity contribution in [2.75, 3.05) is 38.2 Å². The maximum Gasteiger partial charge on any atom is 0.227 e. The number of nitrogens with zero attached hydrogens (tertiary/aromatic N) is 5. The van der Waals surface area contributed by atoms with Gasteiger partial charge in [0.2, 0.25) is 5.91 Å². The molecule has 0 spiro atoms. The van der Waals surface area contributed by atoms with E-state index in [-0.39, 0.29) is 5.91 Å². The lowest BCUT2D eigenvalue weighted by molar-refractivity contribution is -0.130. The van der Waals surface area contributed by atoms with Crippen LogP contribution in [0.2, 0.25) is 5.02 Å². The number of ether oxygens (including phenoxy) is 1. The molecule has 5 rings (SSSR count). The van der Waals surface area contributed by atoms with E-state index in [2.05, 4.69) is 10.00 Å². The lowest BCUT2D eigenvalue weighted by Crippen LogP contribution is -2.49. The molecule has 2 aromatic heterocycles. The van der Waals surface area contributed by atoms with Crippen molar-refractivity contribution in [1.29, 1.82) is 0 Å². The van der Waals surface area contributed by atoms with Gasteiger partial charge in [-0.3, -0.25) is 4.79 Å². The summed E-state index contributed by atoms with van der Waals surface area (Å²) in [7, 11) is 1.65. The summed E-state index contributed by atoms with van der Waals surface area (Å²) in [6.45, 7) is 4.85. The van der Waals surface area contributed by atoms with Crippen molar-refractivity contribution in [3.63, 3.8) is 0 Å². The van der Waals surface area contributed by atoms with E-state index in [1.54, 1.807) is 18.4 Å². The molecule has 0 saturated carbocycles. The van der Waals surface area contributed by atoms with Gasteiger partial charge in [-0.25, -0.2) is 4.68 Å². The molecular formula is C24H24ClN5O2S. The molecule has 0 bridgehead atoms. The molecule has 7 nitrogen and oxygen atoms in total. The number of anilines is 1. The van der Waals surface area contributed by atoms with E-state index in [9.17, 15) is 4.79 Å². The lowest BCUT2D eigenvalue weighted by Gasteiger charge is -2.34. The van der Waals surface area contributed by atoms with Crippen LogP contribution in [0.4, 0.5) is 5.13 Å². The monoisotopic (exact) mass is 481 g/mol. The highest BCUT2D eigenvalue weighted by Crippen LogP contribution is 2.33. The SMILES string of the molecule is COc1ccc(-n2nc(C)c3sc(N4CCN(C(=O)Cc5ccccc5Cl)CC4)nc32)cc1. The summed E-state index contributed by atoms with van der Waals surface area (Å²) in [5.74, 6) is 0.915. The zero-order valence-electron chi connectivity index (χ0n) is 18.5. The molecule has 1 saturated heterocycles. The van der Waals surface area contributed by atoms with Gasteiger partial charge in [0, 0.05) is 31.2 Å². The number of hydrogen-bond acceptors (Lipinski definition) is 6. The Morgan fingerprint density at radius 1 is 1.09 bits per heavy atom. The van der Waals surface area contributed by atoms with Gasteiger partial charge in [0.05, 0.1) is 29.6 Å². The van der Waals surface area contributed by atoms with E-state index >= 15 is 0 Å². The number of aromatic nitrogens is 3. The number of halogens is 1.